The van der Waals surface area contributed by atoms with Crippen molar-refractivity contribution in [3.8, 4) is 5.75 Å². The maximum absolute atomic E-state index is 11.5. The molecule has 2 aromatic carbocycles. The molecule has 1 heterocycles. The number of nitro benzene ring substituents is 1. The highest BCUT2D eigenvalue weighted by molar-refractivity contribution is 6.32. The summed E-state index contributed by atoms with van der Waals surface area (Å²) in [5, 5.41) is 15.7. The lowest BCUT2D eigenvalue weighted by Crippen LogP contribution is -2.30. The predicted octanol–water partition coefficient (Wildman–Crippen LogP) is 5.08. The van der Waals surface area contributed by atoms with E-state index >= 15 is 0 Å². The van der Waals surface area contributed by atoms with Crippen LogP contribution < -0.4 is 10.1 Å². The lowest BCUT2D eigenvalue weighted by molar-refractivity contribution is -0.385. The van der Waals surface area contributed by atoms with Crippen LogP contribution in [0.5, 0.6) is 5.75 Å². The van der Waals surface area contributed by atoms with Crippen molar-refractivity contribution < 1.29 is 9.66 Å². The first-order chi connectivity index (χ1) is 12.1. The maximum Gasteiger partial charge on any atom is 0.274 e. The highest BCUT2D eigenvalue weighted by Crippen LogP contribution is 2.55. The Balaban J connectivity index is 1.89. The zero-order valence-corrected chi connectivity index (χ0v) is 14.4. The first kappa shape index (κ1) is 16.0. The van der Waals surface area contributed by atoms with E-state index in [1.165, 1.54) is 0 Å². The molecule has 4 rings (SSSR count). The second-order valence-corrected chi connectivity index (χ2v) is 6.74. The van der Waals surface area contributed by atoms with E-state index in [1.807, 2.05) is 24.3 Å². The Morgan fingerprint density at radius 1 is 1.28 bits per heavy atom. The molecule has 1 aliphatic carbocycles. The fourth-order valence-electron chi connectivity index (χ4n) is 4.03. The van der Waals surface area contributed by atoms with Crippen LogP contribution in [0.1, 0.15) is 29.5 Å². The van der Waals surface area contributed by atoms with Crippen molar-refractivity contribution >= 4 is 23.0 Å². The summed E-state index contributed by atoms with van der Waals surface area (Å²) in [4.78, 5) is 11.2. The van der Waals surface area contributed by atoms with E-state index in [9.17, 15) is 10.1 Å². The van der Waals surface area contributed by atoms with Crippen molar-refractivity contribution in [1.82, 2.24) is 0 Å². The summed E-state index contributed by atoms with van der Waals surface area (Å²) in [7, 11) is 1.61. The summed E-state index contributed by atoms with van der Waals surface area (Å²) in [6.07, 6.45) is 5.13. The summed E-state index contributed by atoms with van der Waals surface area (Å²) < 4.78 is 5.50. The van der Waals surface area contributed by atoms with Gasteiger partial charge in [0, 0.05) is 22.6 Å². The number of rotatable bonds is 3. The van der Waals surface area contributed by atoms with Crippen LogP contribution in [-0.4, -0.2) is 12.0 Å². The molecule has 2 aromatic rings. The Labute approximate surface area is 150 Å². The van der Waals surface area contributed by atoms with Gasteiger partial charge in [-0.15, -0.1) is 0 Å². The molecule has 0 amide bonds. The lowest BCUT2D eigenvalue weighted by Gasteiger charge is -2.38. The van der Waals surface area contributed by atoms with E-state index in [4.69, 9.17) is 16.3 Å². The molecule has 0 saturated heterocycles. The molecule has 1 N–H and O–H groups in total. The molecule has 5 nitrogen and oxygen atoms in total. The lowest BCUT2D eigenvalue weighted by atomic mass is 9.76. The number of para-hydroxylation sites is 1. The normalized spacial score (nSPS) is 23.5. The van der Waals surface area contributed by atoms with Crippen LogP contribution in [0.4, 0.5) is 11.4 Å². The van der Waals surface area contributed by atoms with Gasteiger partial charge < -0.3 is 10.1 Å². The number of halogens is 1. The zero-order chi connectivity index (χ0) is 17.6. The minimum absolute atomic E-state index is 0.115. The summed E-state index contributed by atoms with van der Waals surface area (Å²) in [5.41, 5.74) is 2.66. The van der Waals surface area contributed by atoms with Crippen molar-refractivity contribution in [2.24, 2.45) is 5.92 Å². The summed E-state index contributed by atoms with van der Waals surface area (Å²) in [5.74, 6) is 0.989. The number of hydrogen-bond acceptors (Lipinski definition) is 4. The van der Waals surface area contributed by atoms with Crippen LogP contribution in [0.3, 0.4) is 0 Å². The van der Waals surface area contributed by atoms with Gasteiger partial charge in [0.2, 0.25) is 0 Å². The monoisotopic (exact) mass is 356 g/mol. The van der Waals surface area contributed by atoms with Gasteiger partial charge in [-0.05, 0) is 24.5 Å². The van der Waals surface area contributed by atoms with Gasteiger partial charge in [0.05, 0.1) is 29.3 Å². The van der Waals surface area contributed by atoms with Crippen LogP contribution in [0.25, 0.3) is 0 Å². The number of nitrogens with one attached hydrogen (secondary N) is 1. The van der Waals surface area contributed by atoms with Crippen molar-refractivity contribution in [1.29, 1.82) is 0 Å². The smallest absolute Gasteiger partial charge is 0.274 e. The largest absolute Gasteiger partial charge is 0.495 e. The maximum atomic E-state index is 11.5. The van der Waals surface area contributed by atoms with Gasteiger partial charge in [-0.3, -0.25) is 10.1 Å². The van der Waals surface area contributed by atoms with Gasteiger partial charge in [-0.25, -0.2) is 0 Å². The number of allylic oxidation sites excluding steroid dienone is 2. The first-order valence-electron chi connectivity index (χ1n) is 8.14. The van der Waals surface area contributed by atoms with Crippen LogP contribution in [0.2, 0.25) is 5.02 Å². The van der Waals surface area contributed by atoms with Gasteiger partial charge in [-0.1, -0.05) is 42.0 Å². The van der Waals surface area contributed by atoms with Crippen LogP contribution >= 0.6 is 11.6 Å². The Hall–Kier alpha value is -2.53. The van der Waals surface area contributed by atoms with E-state index < -0.39 is 0 Å². The number of methoxy groups -OCH3 is 1. The van der Waals surface area contributed by atoms with Crippen molar-refractivity contribution in [3.63, 3.8) is 0 Å². The van der Waals surface area contributed by atoms with Gasteiger partial charge in [0.15, 0.2) is 0 Å². The number of ether oxygens (including phenoxy) is 1. The molecule has 0 saturated carbocycles. The Morgan fingerprint density at radius 3 is 2.84 bits per heavy atom. The number of benzene rings is 2. The summed E-state index contributed by atoms with van der Waals surface area (Å²) in [6.45, 7) is 0. The van der Waals surface area contributed by atoms with E-state index in [-0.39, 0.29) is 28.5 Å². The summed E-state index contributed by atoms with van der Waals surface area (Å²) >= 11 is 6.48. The highest BCUT2D eigenvalue weighted by atomic mass is 35.5. The molecular weight excluding hydrogens is 340 g/mol. The van der Waals surface area contributed by atoms with E-state index in [2.05, 4.69) is 17.5 Å². The standard InChI is InChI=1S/C19H17ClN2O3/c1-25-16-10-9-14(20)17-11-6-4-7-12(11)18(21-19(16)17)13-5-2-3-8-15(13)22(23)24/h2-6,8-12,18,21H,7H2,1H3/t11-,12+,18+/m1/s1. The van der Waals surface area contributed by atoms with Crippen LogP contribution in [0, 0.1) is 16.0 Å². The molecular formula is C19H17ClN2O3. The highest BCUT2D eigenvalue weighted by Gasteiger charge is 2.42. The molecule has 0 unspecified atom stereocenters. The minimum Gasteiger partial charge on any atom is -0.495 e. The average molecular weight is 357 g/mol. The van der Waals surface area contributed by atoms with Crippen molar-refractivity contribution in [3.05, 3.63) is 74.8 Å². The van der Waals surface area contributed by atoms with Crippen molar-refractivity contribution in [2.45, 2.75) is 18.4 Å². The third-order valence-corrected chi connectivity index (χ3v) is 5.45. The third-order valence-electron chi connectivity index (χ3n) is 5.12. The SMILES string of the molecule is COc1ccc(Cl)c2c1N[C@H](c1ccccc1[N+](=O)[O-])[C@H]1CC=C[C@@H]21. The molecule has 1 aliphatic heterocycles. The first-order valence-corrected chi connectivity index (χ1v) is 8.52. The Kier molecular flexibility index (Phi) is 3.88. The van der Waals surface area contributed by atoms with Gasteiger partial charge in [0.1, 0.15) is 5.75 Å². The molecule has 25 heavy (non-hydrogen) atoms. The summed E-state index contributed by atoms with van der Waals surface area (Å²) in [6, 6.07) is 10.4. The fraction of sp³-hybridized carbons (Fsp3) is 0.263. The van der Waals surface area contributed by atoms with Gasteiger partial charge >= 0.3 is 0 Å². The van der Waals surface area contributed by atoms with Crippen molar-refractivity contribution in [2.75, 3.05) is 12.4 Å². The van der Waals surface area contributed by atoms with E-state index in [0.29, 0.717) is 16.3 Å². The molecule has 0 bridgehead atoms. The van der Waals surface area contributed by atoms with Gasteiger partial charge in [-0.2, -0.15) is 0 Å². The van der Waals surface area contributed by atoms with Gasteiger partial charge in [0.25, 0.3) is 5.69 Å². The minimum atomic E-state index is -0.320. The number of nitrogens with zero attached hydrogens (tertiary/aromatic N) is 1. The van der Waals surface area contributed by atoms with Crippen LogP contribution in [0.15, 0.2) is 48.6 Å². The predicted molar refractivity (Wildman–Crippen MR) is 97.5 cm³/mol. The molecule has 2 aliphatic rings. The molecule has 0 aromatic heterocycles. The number of hydrogen-bond donors (Lipinski definition) is 1. The molecule has 6 heteroatoms. The Bertz CT molecular complexity index is 881. The quantitative estimate of drug-likeness (QED) is 0.473. The second-order valence-electron chi connectivity index (χ2n) is 6.33. The Morgan fingerprint density at radius 2 is 2.08 bits per heavy atom. The molecule has 0 spiro atoms. The second kappa shape index (κ2) is 6.08. The number of anilines is 1. The number of fused-ring (bicyclic) bond motifs is 3. The van der Waals surface area contributed by atoms with E-state index in [1.54, 1.807) is 19.2 Å². The van der Waals surface area contributed by atoms with E-state index in [0.717, 1.165) is 17.7 Å². The molecule has 0 fully saturated rings. The number of nitro groups is 1. The molecule has 3 atom stereocenters. The third kappa shape index (κ3) is 2.46. The van der Waals surface area contributed by atoms with Crippen LogP contribution in [-0.2, 0) is 0 Å². The fourth-order valence-corrected chi connectivity index (χ4v) is 4.32. The zero-order valence-electron chi connectivity index (χ0n) is 13.6. The topological polar surface area (TPSA) is 64.4 Å². The average Bonchev–Trinajstić information content (AvgIpc) is 3.10. The molecule has 128 valence electrons. The molecule has 0 radical (unpaired) electrons.